The fraction of sp³-hybridized carbons (Fsp3) is 0.778. The van der Waals surface area contributed by atoms with Crippen molar-refractivity contribution in [1.29, 1.82) is 0 Å². The van der Waals surface area contributed by atoms with E-state index in [0.29, 0.717) is 6.04 Å². The number of rotatable bonds is 11. The third-order valence-corrected chi connectivity index (χ3v) is 3.92. The molecule has 0 atom stereocenters. The Bertz CT molecular complexity index is 355. The van der Waals surface area contributed by atoms with Crippen LogP contribution < -0.4 is 4.90 Å². The molecule has 0 N–H and O–H groups in total. The molecule has 0 amide bonds. The molecule has 0 aliphatic carbocycles. The first-order valence-electron chi connectivity index (χ1n) is 8.84. The molecular formula is C18H33N3. The molecule has 3 nitrogen and oxygen atoms in total. The summed E-state index contributed by atoms with van der Waals surface area (Å²) in [6, 6.07) is 0.587. The smallest absolute Gasteiger partial charge is 0.225 e. The molecule has 1 aromatic rings. The molecule has 0 aliphatic rings. The number of aryl methyl sites for hydroxylation is 1. The molecule has 0 unspecified atom stereocenters. The van der Waals surface area contributed by atoms with E-state index in [1.54, 1.807) is 0 Å². The number of hydrogen-bond donors (Lipinski definition) is 0. The predicted octanol–water partition coefficient (Wildman–Crippen LogP) is 5.00. The third-order valence-electron chi connectivity index (χ3n) is 3.92. The Morgan fingerprint density at radius 1 is 0.905 bits per heavy atom. The van der Waals surface area contributed by atoms with Crippen LogP contribution in [0.3, 0.4) is 0 Å². The monoisotopic (exact) mass is 291 g/mol. The molecule has 0 bridgehead atoms. The van der Waals surface area contributed by atoms with Gasteiger partial charge in [0.15, 0.2) is 0 Å². The topological polar surface area (TPSA) is 29.0 Å². The van der Waals surface area contributed by atoms with Crippen LogP contribution in [0.1, 0.15) is 78.2 Å². The van der Waals surface area contributed by atoms with Crippen molar-refractivity contribution in [3.8, 4) is 0 Å². The van der Waals surface area contributed by atoms with E-state index < -0.39 is 0 Å². The lowest BCUT2D eigenvalue weighted by atomic mass is 10.0. The summed E-state index contributed by atoms with van der Waals surface area (Å²) in [5.74, 6) is 0.926. The van der Waals surface area contributed by atoms with E-state index in [2.05, 4.69) is 42.6 Å². The molecule has 0 aliphatic heterocycles. The molecular weight excluding hydrogens is 258 g/mol. The maximum atomic E-state index is 4.65. The lowest BCUT2D eigenvalue weighted by Crippen LogP contribution is -2.37. The van der Waals surface area contributed by atoms with Crippen molar-refractivity contribution >= 4 is 5.95 Å². The van der Waals surface area contributed by atoms with Crippen molar-refractivity contribution in [1.82, 2.24) is 9.97 Å². The molecule has 1 heterocycles. The summed E-state index contributed by atoms with van der Waals surface area (Å²) in [6.07, 6.45) is 13.6. The van der Waals surface area contributed by atoms with Crippen molar-refractivity contribution in [3.63, 3.8) is 0 Å². The summed E-state index contributed by atoms with van der Waals surface area (Å²) in [5.41, 5.74) is 1.25. The SMILES string of the molecule is CCCCN(c1ncc(CCC)cn1)C(CCC)CCC. The summed E-state index contributed by atoms with van der Waals surface area (Å²) in [6.45, 7) is 10.1. The zero-order chi connectivity index (χ0) is 15.5. The molecule has 1 rings (SSSR count). The summed E-state index contributed by atoms with van der Waals surface area (Å²) < 4.78 is 0. The van der Waals surface area contributed by atoms with Gasteiger partial charge in [-0.05, 0) is 31.2 Å². The predicted molar refractivity (Wildman–Crippen MR) is 91.9 cm³/mol. The van der Waals surface area contributed by atoms with E-state index in [1.807, 2.05) is 12.4 Å². The molecule has 0 fully saturated rings. The average molecular weight is 291 g/mol. The fourth-order valence-electron chi connectivity index (χ4n) is 2.81. The van der Waals surface area contributed by atoms with Gasteiger partial charge in [0.1, 0.15) is 0 Å². The fourth-order valence-corrected chi connectivity index (χ4v) is 2.81. The second-order valence-electron chi connectivity index (χ2n) is 5.92. The van der Waals surface area contributed by atoms with Gasteiger partial charge in [-0.2, -0.15) is 0 Å². The highest BCUT2D eigenvalue weighted by Crippen LogP contribution is 2.20. The molecule has 21 heavy (non-hydrogen) atoms. The molecule has 0 saturated heterocycles. The summed E-state index contributed by atoms with van der Waals surface area (Å²) >= 11 is 0. The minimum atomic E-state index is 0.587. The minimum Gasteiger partial charge on any atom is -0.338 e. The van der Waals surface area contributed by atoms with Crippen LogP contribution in [0.25, 0.3) is 0 Å². The maximum absolute atomic E-state index is 4.65. The molecule has 0 aromatic carbocycles. The van der Waals surface area contributed by atoms with Crippen LogP contribution in [0, 0.1) is 0 Å². The number of anilines is 1. The van der Waals surface area contributed by atoms with Crippen molar-refractivity contribution in [2.45, 2.75) is 85.1 Å². The van der Waals surface area contributed by atoms with Gasteiger partial charge in [-0.25, -0.2) is 9.97 Å². The first kappa shape index (κ1) is 17.9. The first-order chi connectivity index (χ1) is 10.3. The van der Waals surface area contributed by atoms with Gasteiger partial charge in [-0.3, -0.25) is 0 Å². The van der Waals surface area contributed by atoms with Gasteiger partial charge in [0, 0.05) is 25.0 Å². The highest BCUT2D eigenvalue weighted by molar-refractivity contribution is 5.31. The van der Waals surface area contributed by atoms with E-state index in [0.717, 1.165) is 25.3 Å². The van der Waals surface area contributed by atoms with Crippen LogP contribution >= 0.6 is 0 Å². The van der Waals surface area contributed by atoms with Crippen LogP contribution in [0.2, 0.25) is 0 Å². The van der Waals surface area contributed by atoms with Gasteiger partial charge in [0.2, 0.25) is 5.95 Å². The lowest BCUT2D eigenvalue weighted by Gasteiger charge is -2.32. The van der Waals surface area contributed by atoms with Crippen LogP contribution in [0.15, 0.2) is 12.4 Å². The Labute approximate surface area is 131 Å². The molecule has 3 heteroatoms. The molecule has 1 aromatic heterocycles. The van der Waals surface area contributed by atoms with Crippen molar-refractivity contribution in [3.05, 3.63) is 18.0 Å². The zero-order valence-electron chi connectivity index (χ0n) is 14.4. The summed E-state index contributed by atoms with van der Waals surface area (Å²) in [5, 5.41) is 0. The number of hydrogen-bond acceptors (Lipinski definition) is 3. The highest BCUT2D eigenvalue weighted by Gasteiger charge is 2.19. The van der Waals surface area contributed by atoms with Gasteiger partial charge < -0.3 is 4.90 Å². The van der Waals surface area contributed by atoms with Crippen LogP contribution in [0.5, 0.6) is 0 Å². The van der Waals surface area contributed by atoms with Crippen LogP contribution in [0.4, 0.5) is 5.95 Å². The normalized spacial score (nSPS) is 11.1. The number of aromatic nitrogens is 2. The Balaban J connectivity index is 2.87. The average Bonchev–Trinajstić information content (AvgIpc) is 2.50. The van der Waals surface area contributed by atoms with Crippen molar-refractivity contribution < 1.29 is 0 Å². The lowest BCUT2D eigenvalue weighted by molar-refractivity contribution is 0.489. The van der Waals surface area contributed by atoms with Crippen LogP contribution in [-0.2, 0) is 6.42 Å². The van der Waals surface area contributed by atoms with E-state index >= 15 is 0 Å². The van der Waals surface area contributed by atoms with Gasteiger partial charge >= 0.3 is 0 Å². The highest BCUT2D eigenvalue weighted by atomic mass is 15.3. The quantitative estimate of drug-likeness (QED) is 0.574. The van der Waals surface area contributed by atoms with Crippen LogP contribution in [-0.4, -0.2) is 22.6 Å². The van der Waals surface area contributed by atoms with Crippen molar-refractivity contribution in [2.75, 3.05) is 11.4 Å². The molecule has 120 valence electrons. The maximum Gasteiger partial charge on any atom is 0.225 e. The second kappa shape index (κ2) is 10.6. The Hall–Kier alpha value is -1.12. The molecule has 0 radical (unpaired) electrons. The van der Waals surface area contributed by atoms with E-state index in [-0.39, 0.29) is 0 Å². The Kier molecular flexibility index (Phi) is 9.04. The van der Waals surface area contributed by atoms with Gasteiger partial charge in [0.25, 0.3) is 0 Å². The Morgan fingerprint density at radius 3 is 2.00 bits per heavy atom. The second-order valence-corrected chi connectivity index (χ2v) is 5.92. The van der Waals surface area contributed by atoms with E-state index in [9.17, 15) is 0 Å². The summed E-state index contributed by atoms with van der Waals surface area (Å²) in [7, 11) is 0. The first-order valence-corrected chi connectivity index (χ1v) is 8.84. The van der Waals surface area contributed by atoms with Crippen molar-refractivity contribution in [2.24, 2.45) is 0 Å². The number of unbranched alkanes of at least 4 members (excludes halogenated alkanes) is 1. The zero-order valence-corrected chi connectivity index (χ0v) is 14.4. The largest absolute Gasteiger partial charge is 0.338 e. The molecule has 0 saturated carbocycles. The minimum absolute atomic E-state index is 0.587. The van der Waals surface area contributed by atoms with Gasteiger partial charge in [-0.15, -0.1) is 0 Å². The standard InChI is InChI=1S/C18H33N3/c1-5-9-13-21(17(11-7-3)12-8-4)18-19-14-16(10-6-2)15-20-18/h14-15,17H,5-13H2,1-4H3. The molecule has 0 spiro atoms. The Morgan fingerprint density at radius 2 is 1.52 bits per heavy atom. The third kappa shape index (κ3) is 6.03. The van der Waals surface area contributed by atoms with Gasteiger partial charge in [0.05, 0.1) is 0 Å². The van der Waals surface area contributed by atoms with Gasteiger partial charge in [-0.1, -0.05) is 53.4 Å². The number of nitrogens with zero attached hydrogens (tertiary/aromatic N) is 3. The van der Waals surface area contributed by atoms with E-state index in [4.69, 9.17) is 0 Å². The van der Waals surface area contributed by atoms with E-state index in [1.165, 1.54) is 44.1 Å². The summed E-state index contributed by atoms with van der Waals surface area (Å²) in [4.78, 5) is 11.8.